The van der Waals surface area contributed by atoms with Gasteiger partial charge >= 0.3 is 0 Å². The minimum Gasteiger partial charge on any atom is -0.497 e. The van der Waals surface area contributed by atoms with Crippen molar-refractivity contribution in [2.45, 2.75) is 51.4 Å². The maximum absolute atomic E-state index is 12.2. The number of H-pyrrole nitrogens is 1. The molecule has 1 aliphatic carbocycles. The molecule has 26 heavy (non-hydrogen) atoms. The van der Waals surface area contributed by atoms with Crippen molar-refractivity contribution in [2.24, 2.45) is 5.92 Å². The highest BCUT2D eigenvalue weighted by Crippen LogP contribution is 2.27. The van der Waals surface area contributed by atoms with E-state index in [0.717, 1.165) is 23.2 Å². The van der Waals surface area contributed by atoms with E-state index >= 15 is 0 Å². The van der Waals surface area contributed by atoms with Crippen molar-refractivity contribution in [3.05, 3.63) is 40.2 Å². The lowest BCUT2D eigenvalue weighted by Crippen LogP contribution is -2.27. The summed E-state index contributed by atoms with van der Waals surface area (Å²) < 4.78 is 5.18. The van der Waals surface area contributed by atoms with Crippen LogP contribution in [0.3, 0.4) is 0 Å². The Bertz CT molecular complexity index is 806. The van der Waals surface area contributed by atoms with Gasteiger partial charge in [-0.2, -0.15) is 0 Å². The molecule has 0 spiro atoms. The number of rotatable bonds is 7. The summed E-state index contributed by atoms with van der Waals surface area (Å²) in [7, 11) is 1.60. The van der Waals surface area contributed by atoms with Gasteiger partial charge in [-0.3, -0.25) is 9.59 Å². The number of hydrogen-bond donors (Lipinski definition) is 2. The van der Waals surface area contributed by atoms with Crippen LogP contribution in [0.1, 0.15) is 50.5 Å². The SMILES string of the molecule is COc1ccc2cc(CCNC(=O)CCC3CCCCC3)c(=O)[nH]c2c1. The van der Waals surface area contributed by atoms with E-state index in [-0.39, 0.29) is 11.5 Å². The molecule has 1 aromatic heterocycles. The number of carbonyl (C=O) groups is 1. The largest absolute Gasteiger partial charge is 0.497 e. The Hall–Kier alpha value is -2.30. The van der Waals surface area contributed by atoms with Gasteiger partial charge in [0.15, 0.2) is 0 Å². The van der Waals surface area contributed by atoms with Gasteiger partial charge in [0.25, 0.3) is 5.56 Å². The number of pyridine rings is 1. The number of benzene rings is 1. The third-order valence-corrected chi connectivity index (χ3v) is 5.35. The molecule has 0 saturated heterocycles. The zero-order valence-corrected chi connectivity index (χ0v) is 15.5. The number of ether oxygens (including phenoxy) is 1. The van der Waals surface area contributed by atoms with Crippen LogP contribution in [0.2, 0.25) is 0 Å². The molecular weight excluding hydrogens is 328 g/mol. The molecular formula is C21H28N2O3. The minimum atomic E-state index is -0.109. The average molecular weight is 356 g/mol. The van der Waals surface area contributed by atoms with Crippen LogP contribution in [0.5, 0.6) is 5.75 Å². The molecule has 0 aliphatic heterocycles. The van der Waals surface area contributed by atoms with Crippen molar-refractivity contribution in [1.82, 2.24) is 10.3 Å². The van der Waals surface area contributed by atoms with Crippen molar-refractivity contribution < 1.29 is 9.53 Å². The quantitative estimate of drug-likeness (QED) is 0.797. The van der Waals surface area contributed by atoms with Gasteiger partial charge in [0.1, 0.15) is 5.75 Å². The monoisotopic (exact) mass is 356 g/mol. The molecule has 0 atom stereocenters. The lowest BCUT2D eigenvalue weighted by molar-refractivity contribution is -0.121. The average Bonchev–Trinajstić information content (AvgIpc) is 2.67. The second-order valence-corrected chi connectivity index (χ2v) is 7.22. The third kappa shape index (κ3) is 4.87. The standard InChI is InChI=1S/C21H28N2O3/c1-26-18-9-8-16-13-17(21(25)23-19(16)14-18)11-12-22-20(24)10-7-15-5-3-2-4-6-15/h8-9,13-15H,2-7,10-12H2,1H3,(H,22,24)(H,23,25). The molecule has 0 radical (unpaired) electrons. The molecule has 5 heteroatoms. The number of carbonyl (C=O) groups excluding carboxylic acids is 1. The first-order chi connectivity index (χ1) is 12.7. The molecule has 2 aromatic rings. The lowest BCUT2D eigenvalue weighted by Gasteiger charge is -2.20. The highest BCUT2D eigenvalue weighted by molar-refractivity contribution is 5.80. The van der Waals surface area contributed by atoms with Crippen LogP contribution in [0.4, 0.5) is 0 Å². The van der Waals surface area contributed by atoms with Crippen LogP contribution in [-0.4, -0.2) is 24.5 Å². The van der Waals surface area contributed by atoms with E-state index in [1.807, 2.05) is 24.3 Å². The first kappa shape index (κ1) is 18.5. The number of fused-ring (bicyclic) bond motifs is 1. The summed E-state index contributed by atoms with van der Waals surface area (Å²) in [6.45, 7) is 0.494. The predicted molar refractivity (Wildman–Crippen MR) is 104 cm³/mol. The molecule has 2 N–H and O–H groups in total. The molecule has 1 aromatic carbocycles. The molecule has 1 saturated carbocycles. The zero-order valence-electron chi connectivity index (χ0n) is 15.5. The molecule has 5 nitrogen and oxygen atoms in total. The van der Waals surface area contributed by atoms with Crippen LogP contribution in [-0.2, 0) is 11.2 Å². The minimum absolute atomic E-state index is 0.0949. The molecule has 1 heterocycles. The van der Waals surface area contributed by atoms with E-state index in [1.165, 1.54) is 32.1 Å². The second kappa shape index (κ2) is 8.88. The molecule has 1 fully saturated rings. The van der Waals surface area contributed by atoms with E-state index in [0.29, 0.717) is 30.7 Å². The molecule has 0 bridgehead atoms. The van der Waals surface area contributed by atoms with Gasteiger partial charge in [0.2, 0.25) is 5.91 Å². The Morgan fingerprint density at radius 2 is 2.04 bits per heavy atom. The molecule has 0 unspecified atom stereocenters. The zero-order chi connectivity index (χ0) is 18.4. The number of aromatic amines is 1. The van der Waals surface area contributed by atoms with Crippen LogP contribution < -0.4 is 15.6 Å². The normalized spacial score (nSPS) is 15.1. The Morgan fingerprint density at radius 3 is 2.81 bits per heavy atom. The number of hydrogen-bond acceptors (Lipinski definition) is 3. The van der Waals surface area contributed by atoms with Gasteiger partial charge in [-0.25, -0.2) is 0 Å². The van der Waals surface area contributed by atoms with Crippen LogP contribution in [0.15, 0.2) is 29.1 Å². The molecule has 140 valence electrons. The van der Waals surface area contributed by atoms with E-state index in [4.69, 9.17) is 4.74 Å². The molecule has 1 amide bonds. The number of amides is 1. The fourth-order valence-electron chi connectivity index (χ4n) is 3.77. The number of methoxy groups -OCH3 is 1. The van der Waals surface area contributed by atoms with Crippen molar-refractivity contribution in [2.75, 3.05) is 13.7 Å². The summed E-state index contributed by atoms with van der Waals surface area (Å²) in [5, 5.41) is 3.91. The van der Waals surface area contributed by atoms with Crippen LogP contribution in [0.25, 0.3) is 10.9 Å². The second-order valence-electron chi connectivity index (χ2n) is 7.22. The summed E-state index contributed by atoms with van der Waals surface area (Å²) in [5.74, 6) is 1.53. The van der Waals surface area contributed by atoms with Gasteiger partial charge in [0.05, 0.1) is 12.6 Å². The highest BCUT2D eigenvalue weighted by Gasteiger charge is 2.14. The fourth-order valence-corrected chi connectivity index (χ4v) is 3.77. The Balaban J connectivity index is 1.50. The van der Waals surface area contributed by atoms with Crippen molar-refractivity contribution in [3.8, 4) is 5.75 Å². The smallest absolute Gasteiger partial charge is 0.251 e. The molecule has 1 aliphatic rings. The first-order valence-electron chi connectivity index (χ1n) is 9.62. The summed E-state index contributed by atoms with van der Waals surface area (Å²) in [5.41, 5.74) is 1.34. The van der Waals surface area contributed by atoms with Crippen molar-refractivity contribution in [1.29, 1.82) is 0 Å². The van der Waals surface area contributed by atoms with Gasteiger partial charge in [0, 0.05) is 24.6 Å². The van der Waals surface area contributed by atoms with Gasteiger partial charge < -0.3 is 15.0 Å². The van der Waals surface area contributed by atoms with E-state index < -0.39 is 0 Å². The van der Waals surface area contributed by atoms with Gasteiger partial charge in [-0.05, 0) is 42.3 Å². The fraction of sp³-hybridized carbons (Fsp3) is 0.524. The van der Waals surface area contributed by atoms with Gasteiger partial charge in [-0.15, -0.1) is 0 Å². The van der Waals surface area contributed by atoms with Crippen LogP contribution >= 0.6 is 0 Å². The summed E-state index contributed by atoms with van der Waals surface area (Å²) >= 11 is 0. The van der Waals surface area contributed by atoms with Crippen molar-refractivity contribution in [3.63, 3.8) is 0 Å². The number of nitrogens with one attached hydrogen (secondary N) is 2. The van der Waals surface area contributed by atoms with Crippen molar-refractivity contribution >= 4 is 16.8 Å². The molecule has 3 rings (SSSR count). The maximum Gasteiger partial charge on any atom is 0.251 e. The maximum atomic E-state index is 12.2. The van der Waals surface area contributed by atoms with E-state index in [2.05, 4.69) is 10.3 Å². The Kier molecular flexibility index (Phi) is 6.31. The topological polar surface area (TPSA) is 71.2 Å². The third-order valence-electron chi connectivity index (χ3n) is 5.35. The predicted octanol–water partition coefficient (Wildman–Crippen LogP) is 3.56. The lowest BCUT2D eigenvalue weighted by atomic mass is 9.86. The number of aromatic nitrogens is 1. The van der Waals surface area contributed by atoms with E-state index in [9.17, 15) is 9.59 Å². The summed E-state index contributed by atoms with van der Waals surface area (Å²) in [6, 6.07) is 7.50. The van der Waals surface area contributed by atoms with E-state index in [1.54, 1.807) is 7.11 Å². The Labute approximate surface area is 154 Å². The summed E-state index contributed by atoms with van der Waals surface area (Å²) in [4.78, 5) is 27.2. The van der Waals surface area contributed by atoms with Crippen LogP contribution in [0, 0.1) is 5.92 Å². The highest BCUT2D eigenvalue weighted by atomic mass is 16.5. The van der Waals surface area contributed by atoms with Gasteiger partial charge in [-0.1, -0.05) is 32.1 Å². The summed E-state index contributed by atoms with van der Waals surface area (Å²) in [6.07, 6.45) is 8.62. The first-order valence-corrected chi connectivity index (χ1v) is 9.62. The Morgan fingerprint density at radius 1 is 1.23 bits per heavy atom.